The Morgan fingerprint density at radius 2 is 2.31 bits per heavy atom. The molecule has 5 heteroatoms. The second kappa shape index (κ2) is 3.10. The quantitative estimate of drug-likeness (QED) is 0.642. The number of hydrogen-bond donors (Lipinski definition) is 1. The normalized spacial score (nSPS) is 13.9. The molecule has 0 atom stereocenters. The SMILES string of the molecule is COc1nc(C=O)nc2c1CNC2. The first kappa shape index (κ1) is 8.12. The van der Waals surface area contributed by atoms with Crippen molar-refractivity contribution in [3.05, 3.63) is 17.1 Å². The fourth-order valence-corrected chi connectivity index (χ4v) is 1.38. The van der Waals surface area contributed by atoms with Gasteiger partial charge in [-0.15, -0.1) is 0 Å². The Morgan fingerprint density at radius 3 is 3.00 bits per heavy atom. The molecule has 0 amide bonds. The molecule has 0 aliphatic carbocycles. The van der Waals surface area contributed by atoms with Crippen molar-refractivity contribution >= 4 is 6.29 Å². The van der Waals surface area contributed by atoms with Crippen molar-refractivity contribution in [3.8, 4) is 5.88 Å². The summed E-state index contributed by atoms with van der Waals surface area (Å²) in [5.41, 5.74) is 1.81. The van der Waals surface area contributed by atoms with E-state index >= 15 is 0 Å². The van der Waals surface area contributed by atoms with Crippen molar-refractivity contribution in [2.75, 3.05) is 7.11 Å². The summed E-state index contributed by atoms with van der Waals surface area (Å²) in [6, 6.07) is 0. The molecule has 0 aromatic carbocycles. The zero-order chi connectivity index (χ0) is 9.26. The van der Waals surface area contributed by atoms with Crippen molar-refractivity contribution in [1.82, 2.24) is 15.3 Å². The summed E-state index contributed by atoms with van der Waals surface area (Å²) < 4.78 is 5.05. The summed E-state index contributed by atoms with van der Waals surface area (Å²) in [6.45, 7) is 1.38. The fraction of sp³-hybridized carbons (Fsp3) is 0.375. The minimum absolute atomic E-state index is 0.180. The third-order valence-corrected chi connectivity index (χ3v) is 1.97. The highest BCUT2D eigenvalue weighted by Crippen LogP contribution is 2.22. The number of methoxy groups -OCH3 is 1. The van der Waals surface area contributed by atoms with Crippen LogP contribution in [-0.2, 0) is 13.1 Å². The molecule has 2 rings (SSSR count). The molecule has 0 saturated heterocycles. The number of fused-ring (bicyclic) bond motifs is 1. The van der Waals surface area contributed by atoms with Crippen LogP contribution in [0.4, 0.5) is 0 Å². The van der Waals surface area contributed by atoms with E-state index in [1.165, 1.54) is 7.11 Å². The Hall–Kier alpha value is -1.49. The minimum Gasteiger partial charge on any atom is -0.481 e. The molecule has 0 unspecified atom stereocenters. The molecule has 0 saturated carbocycles. The maximum Gasteiger partial charge on any atom is 0.221 e. The maximum absolute atomic E-state index is 10.5. The Morgan fingerprint density at radius 1 is 1.46 bits per heavy atom. The van der Waals surface area contributed by atoms with Crippen LogP contribution in [0, 0.1) is 0 Å². The smallest absolute Gasteiger partial charge is 0.221 e. The van der Waals surface area contributed by atoms with E-state index in [1.54, 1.807) is 0 Å². The van der Waals surface area contributed by atoms with Gasteiger partial charge < -0.3 is 10.1 Å². The largest absolute Gasteiger partial charge is 0.481 e. The molecule has 1 aliphatic heterocycles. The second-order valence-corrected chi connectivity index (χ2v) is 2.74. The van der Waals surface area contributed by atoms with Crippen LogP contribution in [-0.4, -0.2) is 23.4 Å². The highest BCUT2D eigenvalue weighted by Gasteiger charge is 2.18. The van der Waals surface area contributed by atoms with Crippen molar-refractivity contribution in [3.63, 3.8) is 0 Å². The van der Waals surface area contributed by atoms with Crippen LogP contribution in [0.1, 0.15) is 21.9 Å². The predicted molar refractivity (Wildman–Crippen MR) is 44.5 cm³/mol. The van der Waals surface area contributed by atoms with Crippen LogP contribution < -0.4 is 10.1 Å². The molecule has 0 bridgehead atoms. The van der Waals surface area contributed by atoms with Gasteiger partial charge in [0.15, 0.2) is 12.1 Å². The summed E-state index contributed by atoms with van der Waals surface area (Å²) in [5, 5.41) is 3.12. The minimum atomic E-state index is 0.180. The number of rotatable bonds is 2. The zero-order valence-corrected chi connectivity index (χ0v) is 7.20. The van der Waals surface area contributed by atoms with Gasteiger partial charge in [0.25, 0.3) is 0 Å². The van der Waals surface area contributed by atoms with Crippen LogP contribution in [0.3, 0.4) is 0 Å². The van der Waals surface area contributed by atoms with E-state index in [4.69, 9.17) is 4.74 Å². The molecule has 0 spiro atoms. The molecule has 1 N–H and O–H groups in total. The molecule has 13 heavy (non-hydrogen) atoms. The van der Waals surface area contributed by atoms with Crippen molar-refractivity contribution < 1.29 is 9.53 Å². The van der Waals surface area contributed by atoms with Gasteiger partial charge >= 0.3 is 0 Å². The number of carbonyl (C=O) groups excluding carboxylic acids is 1. The van der Waals surface area contributed by atoms with Gasteiger partial charge in [0.2, 0.25) is 5.88 Å². The molecule has 1 aliphatic rings. The predicted octanol–water partition coefficient (Wildman–Crippen LogP) is -0.0991. The van der Waals surface area contributed by atoms with E-state index in [-0.39, 0.29) is 5.82 Å². The van der Waals surface area contributed by atoms with Crippen molar-refractivity contribution in [2.45, 2.75) is 13.1 Å². The van der Waals surface area contributed by atoms with Gasteiger partial charge in [-0.1, -0.05) is 0 Å². The fourth-order valence-electron chi connectivity index (χ4n) is 1.38. The lowest BCUT2D eigenvalue weighted by molar-refractivity contribution is 0.111. The number of nitrogens with one attached hydrogen (secondary N) is 1. The summed E-state index contributed by atoms with van der Waals surface area (Å²) in [5.74, 6) is 0.677. The number of ether oxygens (including phenoxy) is 1. The van der Waals surface area contributed by atoms with E-state index < -0.39 is 0 Å². The molecule has 1 aromatic heterocycles. The summed E-state index contributed by atoms with van der Waals surface area (Å²) in [7, 11) is 1.54. The summed E-state index contributed by atoms with van der Waals surface area (Å²) in [4.78, 5) is 18.5. The molecule has 1 aromatic rings. The van der Waals surface area contributed by atoms with Gasteiger partial charge in [0.05, 0.1) is 18.4 Å². The number of nitrogens with zero attached hydrogens (tertiary/aromatic N) is 2. The monoisotopic (exact) mass is 179 g/mol. The van der Waals surface area contributed by atoms with Gasteiger partial charge in [0.1, 0.15) is 0 Å². The first-order chi connectivity index (χ1) is 6.35. The number of carbonyl (C=O) groups is 1. The third kappa shape index (κ3) is 1.27. The van der Waals surface area contributed by atoms with Gasteiger partial charge in [-0.05, 0) is 0 Å². The Labute approximate surface area is 75.1 Å². The first-order valence-corrected chi connectivity index (χ1v) is 3.95. The lowest BCUT2D eigenvalue weighted by Gasteiger charge is -2.04. The van der Waals surface area contributed by atoms with Crippen molar-refractivity contribution in [1.29, 1.82) is 0 Å². The molecule has 68 valence electrons. The van der Waals surface area contributed by atoms with Crippen LogP contribution in [0.5, 0.6) is 5.88 Å². The number of hydrogen-bond acceptors (Lipinski definition) is 5. The van der Waals surface area contributed by atoms with Crippen LogP contribution in [0.2, 0.25) is 0 Å². The van der Waals surface area contributed by atoms with Gasteiger partial charge in [-0.2, -0.15) is 4.98 Å². The average molecular weight is 179 g/mol. The summed E-state index contributed by atoms with van der Waals surface area (Å²) in [6.07, 6.45) is 0.626. The van der Waals surface area contributed by atoms with E-state index in [2.05, 4.69) is 15.3 Å². The highest BCUT2D eigenvalue weighted by atomic mass is 16.5. The van der Waals surface area contributed by atoms with Crippen LogP contribution in [0.15, 0.2) is 0 Å². The van der Waals surface area contributed by atoms with Crippen LogP contribution in [0.25, 0.3) is 0 Å². The number of aldehydes is 1. The first-order valence-electron chi connectivity index (χ1n) is 3.95. The standard InChI is InChI=1S/C8H9N3O2/c1-13-8-5-2-9-3-6(5)10-7(4-12)11-8/h4,9H,2-3H2,1H3. The van der Waals surface area contributed by atoms with Crippen LogP contribution >= 0.6 is 0 Å². The number of aromatic nitrogens is 2. The molecular formula is C8H9N3O2. The van der Waals surface area contributed by atoms with Gasteiger partial charge in [-0.25, -0.2) is 4.98 Å². The molecule has 0 radical (unpaired) electrons. The second-order valence-electron chi connectivity index (χ2n) is 2.74. The third-order valence-electron chi connectivity index (χ3n) is 1.97. The van der Waals surface area contributed by atoms with E-state index in [0.29, 0.717) is 25.3 Å². The van der Waals surface area contributed by atoms with Gasteiger partial charge in [-0.3, -0.25) is 4.79 Å². The van der Waals surface area contributed by atoms with Crippen molar-refractivity contribution in [2.24, 2.45) is 0 Å². The van der Waals surface area contributed by atoms with Gasteiger partial charge in [0, 0.05) is 13.1 Å². The molecule has 5 nitrogen and oxygen atoms in total. The molecule has 0 fully saturated rings. The Balaban J connectivity index is 2.55. The Kier molecular flexibility index (Phi) is 1.94. The summed E-state index contributed by atoms with van der Waals surface area (Å²) >= 11 is 0. The maximum atomic E-state index is 10.5. The average Bonchev–Trinajstić information content (AvgIpc) is 2.63. The lowest BCUT2D eigenvalue weighted by atomic mass is 10.2. The zero-order valence-electron chi connectivity index (χ0n) is 7.20. The topological polar surface area (TPSA) is 64.1 Å². The molecular weight excluding hydrogens is 170 g/mol. The molecule has 2 heterocycles. The van der Waals surface area contributed by atoms with E-state index in [0.717, 1.165) is 11.3 Å². The highest BCUT2D eigenvalue weighted by molar-refractivity contribution is 5.69. The van der Waals surface area contributed by atoms with E-state index in [9.17, 15) is 4.79 Å². The van der Waals surface area contributed by atoms with E-state index in [1.807, 2.05) is 0 Å². The Bertz CT molecular complexity index is 351. The lowest BCUT2D eigenvalue weighted by Crippen LogP contribution is -2.02.